The second-order valence-electron chi connectivity index (χ2n) is 3.16. The van der Waals surface area contributed by atoms with Gasteiger partial charge in [0, 0.05) is 18.8 Å². The maximum atomic E-state index is 12.6. The summed E-state index contributed by atoms with van der Waals surface area (Å²) in [5.41, 5.74) is 0.776. The van der Waals surface area contributed by atoms with E-state index in [1.54, 1.807) is 18.3 Å². The Morgan fingerprint density at radius 3 is 2.67 bits per heavy atom. The molecule has 0 atom stereocenters. The van der Waals surface area contributed by atoms with Crippen LogP contribution in [0.3, 0.4) is 0 Å². The highest BCUT2D eigenvalue weighted by Crippen LogP contribution is 2.06. The predicted molar refractivity (Wildman–Crippen MR) is 53.0 cm³/mol. The van der Waals surface area contributed by atoms with E-state index in [0.29, 0.717) is 5.82 Å². The minimum Gasteiger partial charge on any atom is -0.342 e. The maximum absolute atomic E-state index is 12.6. The number of halogens is 1. The molecule has 0 saturated carbocycles. The van der Waals surface area contributed by atoms with Crippen LogP contribution in [0, 0.1) is 5.82 Å². The Balaban J connectivity index is 2.09. The molecule has 0 spiro atoms. The molecule has 0 aliphatic rings. The Labute approximate surface area is 86.0 Å². The molecule has 0 radical (unpaired) electrons. The number of ketones is 1. The summed E-state index contributed by atoms with van der Waals surface area (Å²) >= 11 is 0. The van der Waals surface area contributed by atoms with E-state index >= 15 is 0 Å². The summed E-state index contributed by atoms with van der Waals surface area (Å²) in [7, 11) is 0. The van der Waals surface area contributed by atoms with Gasteiger partial charge in [0.1, 0.15) is 5.82 Å². The standard InChI is InChI=1S/C11H9FN2O/c12-9-3-1-8(2-4-9)7-10(15)11-13-5-6-14-11/h1-6H,7H2,(H,13,14). The molecule has 0 aliphatic heterocycles. The Bertz CT molecular complexity index is 448. The number of carbonyl (C=O) groups excluding carboxylic acids is 1. The van der Waals surface area contributed by atoms with E-state index in [1.807, 2.05) is 0 Å². The zero-order valence-corrected chi connectivity index (χ0v) is 7.90. The van der Waals surface area contributed by atoms with Crippen molar-refractivity contribution in [3.05, 3.63) is 53.9 Å². The number of carbonyl (C=O) groups is 1. The molecule has 0 saturated heterocycles. The van der Waals surface area contributed by atoms with E-state index in [1.165, 1.54) is 18.3 Å². The highest BCUT2D eigenvalue weighted by Gasteiger charge is 2.08. The fourth-order valence-corrected chi connectivity index (χ4v) is 1.29. The first-order valence-corrected chi connectivity index (χ1v) is 4.53. The van der Waals surface area contributed by atoms with Gasteiger partial charge in [0.2, 0.25) is 5.78 Å². The summed E-state index contributed by atoms with van der Waals surface area (Å²) in [4.78, 5) is 18.2. The SMILES string of the molecule is O=C(Cc1ccc(F)cc1)c1ncc[nH]1. The number of aromatic nitrogens is 2. The molecule has 3 nitrogen and oxygen atoms in total. The Morgan fingerprint density at radius 2 is 2.07 bits per heavy atom. The Kier molecular flexibility index (Phi) is 2.58. The van der Waals surface area contributed by atoms with Gasteiger partial charge in [0.05, 0.1) is 0 Å². The fraction of sp³-hybridized carbons (Fsp3) is 0.0909. The molecule has 15 heavy (non-hydrogen) atoms. The predicted octanol–water partition coefficient (Wildman–Crippen LogP) is 1.97. The Morgan fingerprint density at radius 1 is 1.33 bits per heavy atom. The molecule has 0 unspecified atom stereocenters. The molecule has 4 heteroatoms. The lowest BCUT2D eigenvalue weighted by molar-refractivity contribution is 0.0984. The summed E-state index contributed by atoms with van der Waals surface area (Å²) in [5.74, 6) is -0.0740. The minimum atomic E-state index is -0.302. The number of aromatic amines is 1. The monoisotopic (exact) mass is 204 g/mol. The quantitative estimate of drug-likeness (QED) is 0.777. The highest BCUT2D eigenvalue weighted by atomic mass is 19.1. The zero-order chi connectivity index (χ0) is 10.7. The van der Waals surface area contributed by atoms with Gasteiger partial charge in [0.15, 0.2) is 5.82 Å². The van der Waals surface area contributed by atoms with Gasteiger partial charge in [-0.3, -0.25) is 4.79 Å². The molecule has 1 N–H and O–H groups in total. The lowest BCUT2D eigenvalue weighted by Gasteiger charge is -1.98. The van der Waals surface area contributed by atoms with Crippen LogP contribution in [0.4, 0.5) is 4.39 Å². The van der Waals surface area contributed by atoms with Gasteiger partial charge < -0.3 is 4.98 Å². The molecule has 2 rings (SSSR count). The number of hydrogen-bond donors (Lipinski definition) is 1. The van der Waals surface area contributed by atoms with E-state index in [-0.39, 0.29) is 18.0 Å². The van der Waals surface area contributed by atoms with Gasteiger partial charge >= 0.3 is 0 Å². The molecule has 0 aliphatic carbocycles. The van der Waals surface area contributed by atoms with Gasteiger partial charge in [0.25, 0.3) is 0 Å². The first-order chi connectivity index (χ1) is 7.25. The van der Waals surface area contributed by atoms with Crippen molar-refractivity contribution in [3.8, 4) is 0 Å². The van der Waals surface area contributed by atoms with Crippen LogP contribution < -0.4 is 0 Å². The van der Waals surface area contributed by atoms with E-state index in [4.69, 9.17) is 0 Å². The van der Waals surface area contributed by atoms with Crippen LogP contribution in [-0.4, -0.2) is 15.8 Å². The zero-order valence-electron chi connectivity index (χ0n) is 7.90. The average molecular weight is 204 g/mol. The summed E-state index contributed by atoms with van der Waals surface area (Å²) in [6, 6.07) is 5.86. The number of H-pyrrole nitrogens is 1. The van der Waals surface area contributed by atoms with Crippen LogP contribution in [0.15, 0.2) is 36.7 Å². The lowest BCUT2D eigenvalue weighted by Crippen LogP contribution is -2.05. The fourth-order valence-electron chi connectivity index (χ4n) is 1.29. The number of rotatable bonds is 3. The van der Waals surface area contributed by atoms with Crippen molar-refractivity contribution < 1.29 is 9.18 Å². The summed E-state index contributed by atoms with van der Waals surface area (Å²) in [6.45, 7) is 0. The smallest absolute Gasteiger partial charge is 0.202 e. The second-order valence-corrected chi connectivity index (χ2v) is 3.16. The molecule has 1 aromatic heterocycles. The van der Waals surface area contributed by atoms with Gasteiger partial charge in [-0.05, 0) is 17.7 Å². The summed E-state index contributed by atoms with van der Waals surface area (Å²) in [5, 5.41) is 0. The van der Waals surface area contributed by atoms with Crippen molar-refractivity contribution in [1.82, 2.24) is 9.97 Å². The van der Waals surface area contributed by atoms with Crippen LogP contribution in [-0.2, 0) is 6.42 Å². The number of benzene rings is 1. The van der Waals surface area contributed by atoms with Crippen molar-refractivity contribution in [2.45, 2.75) is 6.42 Å². The molecule has 1 heterocycles. The second kappa shape index (κ2) is 4.04. The molecule has 76 valence electrons. The topological polar surface area (TPSA) is 45.8 Å². The summed E-state index contributed by atoms with van der Waals surface area (Å²) < 4.78 is 12.6. The number of nitrogens with zero attached hydrogens (tertiary/aromatic N) is 1. The highest BCUT2D eigenvalue weighted by molar-refractivity contribution is 5.94. The average Bonchev–Trinajstić information content (AvgIpc) is 2.74. The third-order valence-electron chi connectivity index (χ3n) is 2.04. The van der Waals surface area contributed by atoms with Crippen LogP contribution in [0.25, 0.3) is 0 Å². The van der Waals surface area contributed by atoms with Crippen molar-refractivity contribution in [1.29, 1.82) is 0 Å². The number of imidazole rings is 1. The molecule has 0 bridgehead atoms. The number of hydrogen-bond acceptors (Lipinski definition) is 2. The lowest BCUT2D eigenvalue weighted by atomic mass is 10.1. The number of nitrogens with one attached hydrogen (secondary N) is 1. The molecule has 2 aromatic rings. The summed E-state index contributed by atoms with van der Waals surface area (Å²) in [6.07, 6.45) is 3.35. The van der Waals surface area contributed by atoms with E-state index in [9.17, 15) is 9.18 Å². The van der Waals surface area contributed by atoms with Crippen LogP contribution in [0.1, 0.15) is 16.2 Å². The minimum absolute atomic E-state index is 0.105. The van der Waals surface area contributed by atoms with Crippen LogP contribution in [0.5, 0.6) is 0 Å². The van der Waals surface area contributed by atoms with Crippen LogP contribution in [0.2, 0.25) is 0 Å². The van der Waals surface area contributed by atoms with Gasteiger partial charge in [-0.15, -0.1) is 0 Å². The van der Waals surface area contributed by atoms with Gasteiger partial charge in [-0.25, -0.2) is 9.37 Å². The molecular weight excluding hydrogens is 195 g/mol. The number of Topliss-reactive ketones (excluding diaryl/α,β-unsaturated/α-hetero) is 1. The normalized spacial score (nSPS) is 10.2. The third kappa shape index (κ3) is 2.28. The van der Waals surface area contributed by atoms with Crippen molar-refractivity contribution in [3.63, 3.8) is 0 Å². The molecule has 1 aromatic carbocycles. The van der Waals surface area contributed by atoms with Crippen molar-refractivity contribution >= 4 is 5.78 Å². The molecule has 0 amide bonds. The molecular formula is C11H9FN2O. The molecule has 0 fully saturated rings. The first kappa shape index (κ1) is 9.58. The van der Waals surface area contributed by atoms with E-state index in [0.717, 1.165) is 5.56 Å². The first-order valence-electron chi connectivity index (χ1n) is 4.53. The van der Waals surface area contributed by atoms with Crippen LogP contribution >= 0.6 is 0 Å². The largest absolute Gasteiger partial charge is 0.342 e. The van der Waals surface area contributed by atoms with E-state index in [2.05, 4.69) is 9.97 Å². The van der Waals surface area contributed by atoms with E-state index < -0.39 is 0 Å². The van der Waals surface area contributed by atoms with Gasteiger partial charge in [-0.2, -0.15) is 0 Å². The van der Waals surface area contributed by atoms with Gasteiger partial charge in [-0.1, -0.05) is 12.1 Å². The Hall–Kier alpha value is -1.97. The maximum Gasteiger partial charge on any atom is 0.202 e. The third-order valence-corrected chi connectivity index (χ3v) is 2.04. The van der Waals surface area contributed by atoms with Crippen molar-refractivity contribution in [2.75, 3.05) is 0 Å². The van der Waals surface area contributed by atoms with Crippen molar-refractivity contribution in [2.24, 2.45) is 0 Å².